The van der Waals surface area contributed by atoms with Crippen molar-refractivity contribution < 1.29 is 14.3 Å². The lowest BCUT2D eigenvalue weighted by Crippen LogP contribution is -2.11. The van der Waals surface area contributed by atoms with E-state index in [2.05, 4.69) is 21.4 Å². The van der Waals surface area contributed by atoms with Gasteiger partial charge >= 0.3 is 6.09 Å². The van der Waals surface area contributed by atoms with Gasteiger partial charge in [0.05, 0.1) is 18.4 Å². The smallest absolute Gasteiger partial charge is 0.412 e. The first-order valence-corrected chi connectivity index (χ1v) is 6.39. The van der Waals surface area contributed by atoms with Gasteiger partial charge in [-0.3, -0.25) is 5.32 Å². The SMILES string of the molecule is CCCOc1ccc2c(NC(=O)OC)nsc2c1. The molecule has 6 heteroatoms. The third-order valence-electron chi connectivity index (χ3n) is 2.32. The Balaban J connectivity index is 2.23. The fourth-order valence-corrected chi connectivity index (χ4v) is 2.23. The van der Waals surface area contributed by atoms with Gasteiger partial charge in [-0.1, -0.05) is 6.92 Å². The van der Waals surface area contributed by atoms with E-state index in [0.717, 1.165) is 22.3 Å². The van der Waals surface area contributed by atoms with Crippen molar-refractivity contribution in [3.8, 4) is 5.75 Å². The summed E-state index contributed by atoms with van der Waals surface area (Å²) in [6.45, 7) is 2.75. The molecule has 0 aliphatic rings. The van der Waals surface area contributed by atoms with Crippen molar-refractivity contribution in [1.82, 2.24) is 4.37 Å². The highest BCUT2D eigenvalue weighted by molar-refractivity contribution is 7.13. The first-order chi connectivity index (χ1) is 8.74. The Labute approximate surface area is 109 Å². The number of hydrogen-bond donors (Lipinski definition) is 1. The van der Waals surface area contributed by atoms with E-state index in [0.29, 0.717) is 12.4 Å². The number of methoxy groups -OCH3 is 1. The van der Waals surface area contributed by atoms with Crippen LogP contribution in [0.15, 0.2) is 18.2 Å². The monoisotopic (exact) mass is 266 g/mol. The van der Waals surface area contributed by atoms with Crippen molar-refractivity contribution in [1.29, 1.82) is 0 Å². The second-order valence-corrected chi connectivity index (χ2v) is 4.46. The minimum atomic E-state index is -0.520. The van der Waals surface area contributed by atoms with E-state index in [1.165, 1.54) is 18.6 Å². The molecule has 0 atom stereocenters. The second kappa shape index (κ2) is 5.68. The fourth-order valence-electron chi connectivity index (χ4n) is 1.47. The lowest BCUT2D eigenvalue weighted by atomic mass is 10.2. The van der Waals surface area contributed by atoms with Crippen LogP contribution < -0.4 is 10.1 Å². The lowest BCUT2D eigenvalue weighted by Gasteiger charge is -2.04. The number of nitrogens with one attached hydrogen (secondary N) is 1. The Morgan fingerprint density at radius 3 is 3.06 bits per heavy atom. The van der Waals surface area contributed by atoms with Crippen LogP contribution in [0.5, 0.6) is 5.75 Å². The third-order valence-corrected chi connectivity index (χ3v) is 3.13. The van der Waals surface area contributed by atoms with Crippen LogP contribution in [-0.4, -0.2) is 24.2 Å². The van der Waals surface area contributed by atoms with Gasteiger partial charge < -0.3 is 9.47 Å². The van der Waals surface area contributed by atoms with Crippen LogP contribution in [-0.2, 0) is 4.74 Å². The molecule has 0 aliphatic carbocycles. The van der Waals surface area contributed by atoms with Crippen LogP contribution in [0.3, 0.4) is 0 Å². The number of rotatable bonds is 4. The molecule has 0 saturated heterocycles. The number of nitrogens with zero attached hydrogens (tertiary/aromatic N) is 1. The second-order valence-electron chi connectivity index (χ2n) is 3.65. The van der Waals surface area contributed by atoms with E-state index in [9.17, 15) is 4.79 Å². The van der Waals surface area contributed by atoms with Crippen LogP contribution >= 0.6 is 11.5 Å². The zero-order valence-electron chi connectivity index (χ0n) is 10.2. The molecule has 2 rings (SSSR count). The number of anilines is 1. The molecule has 1 aromatic carbocycles. The molecule has 0 radical (unpaired) electrons. The van der Waals surface area contributed by atoms with Gasteiger partial charge in [0, 0.05) is 5.39 Å². The minimum absolute atomic E-state index is 0.517. The van der Waals surface area contributed by atoms with Gasteiger partial charge in [0.2, 0.25) is 0 Å². The molecule has 0 fully saturated rings. The van der Waals surface area contributed by atoms with Gasteiger partial charge in [-0.05, 0) is 36.2 Å². The zero-order chi connectivity index (χ0) is 13.0. The molecule has 0 saturated carbocycles. The highest BCUT2D eigenvalue weighted by Crippen LogP contribution is 2.30. The largest absolute Gasteiger partial charge is 0.494 e. The highest BCUT2D eigenvalue weighted by atomic mass is 32.1. The first kappa shape index (κ1) is 12.6. The van der Waals surface area contributed by atoms with Gasteiger partial charge in [-0.15, -0.1) is 0 Å². The summed E-state index contributed by atoms with van der Waals surface area (Å²) >= 11 is 1.31. The number of fused-ring (bicyclic) bond motifs is 1. The van der Waals surface area contributed by atoms with E-state index in [4.69, 9.17) is 4.74 Å². The van der Waals surface area contributed by atoms with Crippen molar-refractivity contribution in [3.05, 3.63) is 18.2 Å². The Bertz CT molecular complexity index is 553. The molecule has 1 heterocycles. The number of aromatic nitrogens is 1. The normalized spacial score (nSPS) is 10.3. The van der Waals surface area contributed by atoms with Gasteiger partial charge in [-0.2, -0.15) is 4.37 Å². The van der Waals surface area contributed by atoms with Crippen LogP contribution in [0.1, 0.15) is 13.3 Å². The summed E-state index contributed by atoms with van der Waals surface area (Å²) in [6, 6.07) is 5.68. The van der Waals surface area contributed by atoms with E-state index in [-0.39, 0.29) is 0 Å². The molecule has 1 amide bonds. The Morgan fingerprint density at radius 2 is 2.33 bits per heavy atom. The Morgan fingerprint density at radius 1 is 1.50 bits per heavy atom. The first-order valence-electron chi connectivity index (χ1n) is 5.61. The van der Waals surface area contributed by atoms with Crippen molar-refractivity contribution >= 4 is 33.5 Å². The van der Waals surface area contributed by atoms with Gasteiger partial charge in [0.25, 0.3) is 0 Å². The molecule has 18 heavy (non-hydrogen) atoms. The molecule has 5 nitrogen and oxygen atoms in total. The summed E-state index contributed by atoms with van der Waals surface area (Å²) in [5, 5.41) is 3.46. The van der Waals surface area contributed by atoms with Crippen molar-refractivity contribution in [2.24, 2.45) is 0 Å². The predicted molar refractivity (Wildman–Crippen MR) is 71.4 cm³/mol. The van der Waals surface area contributed by atoms with E-state index in [1.54, 1.807) is 0 Å². The van der Waals surface area contributed by atoms with Crippen LogP contribution in [0.2, 0.25) is 0 Å². The van der Waals surface area contributed by atoms with Gasteiger partial charge in [-0.25, -0.2) is 4.79 Å². The lowest BCUT2D eigenvalue weighted by molar-refractivity contribution is 0.187. The summed E-state index contributed by atoms with van der Waals surface area (Å²) in [5.74, 6) is 1.33. The van der Waals surface area contributed by atoms with Crippen LogP contribution in [0, 0.1) is 0 Å². The zero-order valence-corrected chi connectivity index (χ0v) is 11.0. The average Bonchev–Trinajstić information content (AvgIpc) is 2.78. The van der Waals surface area contributed by atoms with Gasteiger partial charge in [0.15, 0.2) is 5.82 Å². The number of ether oxygens (including phenoxy) is 2. The maximum atomic E-state index is 11.1. The third kappa shape index (κ3) is 2.70. The van der Waals surface area contributed by atoms with Crippen LogP contribution in [0.4, 0.5) is 10.6 Å². The molecule has 1 N–H and O–H groups in total. The molecule has 0 spiro atoms. The van der Waals surface area contributed by atoms with E-state index in [1.807, 2.05) is 18.2 Å². The molecule has 2 aromatic rings. The van der Waals surface area contributed by atoms with E-state index < -0.39 is 6.09 Å². The number of hydrogen-bond acceptors (Lipinski definition) is 5. The van der Waals surface area contributed by atoms with Gasteiger partial charge in [0.1, 0.15) is 5.75 Å². The van der Waals surface area contributed by atoms with E-state index >= 15 is 0 Å². The topological polar surface area (TPSA) is 60.5 Å². The number of carbonyl (C=O) groups excluding carboxylic acids is 1. The maximum Gasteiger partial charge on any atom is 0.412 e. The molecule has 96 valence electrons. The predicted octanol–water partition coefficient (Wildman–Crippen LogP) is 3.26. The fraction of sp³-hybridized carbons (Fsp3) is 0.333. The Kier molecular flexibility index (Phi) is 3.99. The Hall–Kier alpha value is -1.82. The summed E-state index contributed by atoms with van der Waals surface area (Å²) in [7, 11) is 1.32. The minimum Gasteiger partial charge on any atom is -0.494 e. The van der Waals surface area contributed by atoms with Crippen molar-refractivity contribution in [2.75, 3.05) is 19.0 Å². The van der Waals surface area contributed by atoms with Crippen molar-refractivity contribution in [2.45, 2.75) is 13.3 Å². The average molecular weight is 266 g/mol. The number of amides is 1. The molecule has 1 aromatic heterocycles. The molecular weight excluding hydrogens is 252 g/mol. The molecule has 0 aliphatic heterocycles. The molecule has 0 unspecified atom stereocenters. The highest BCUT2D eigenvalue weighted by Gasteiger charge is 2.10. The molecular formula is C12H14N2O3S. The summed E-state index contributed by atoms with van der Waals surface area (Å²) < 4.78 is 15.2. The van der Waals surface area contributed by atoms with Crippen molar-refractivity contribution in [3.63, 3.8) is 0 Å². The number of benzene rings is 1. The maximum absolute atomic E-state index is 11.1. The summed E-state index contributed by atoms with van der Waals surface area (Å²) in [6.07, 6.45) is 0.448. The quantitative estimate of drug-likeness (QED) is 0.922. The molecule has 0 bridgehead atoms. The summed E-state index contributed by atoms with van der Waals surface area (Å²) in [5.41, 5.74) is 0. The standard InChI is InChI=1S/C12H14N2O3S/c1-3-6-17-8-4-5-9-10(7-8)18-14-11(9)13-12(15)16-2/h4-5,7H,3,6H2,1-2H3,(H,13,14,15). The summed E-state index contributed by atoms with van der Waals surface area (Å²) in [4.78, 5) is 11.1. The van der Waals surface area contributed by atoms with Crippen LogP contribution in [0.25, 0.3) is 10.1 Å². The number of carbonyl (C=O) groups is 1.